The summed E-state index contributed by atoms with van der Waals surface area (Å²) >= 11 is 3.07. The lowest BCUT2D eigenvalue weighted by atomic mass is 10.2. The molecule has 0 atom stereocenters. The van der Waals surface area contributed by atoms with Crippen molar-refractivity contribution in [1.82, 2.24) is 0 Å². The Kier molecular flexibility index (Phi) is 5.52. The third kappa shape index (κ3) is 5.17. The summed E-state index contributed by atoms with van der Waals surface area (Å²) < 4.78 is 30.5. The minimum absolute atomic E-state index is 0.0427. The monoisotopic (exact) mass is 365 g/mol. The number of hydrogen-bond donors (Lipinski definition) is 2. The fourth-order valence-electron chi connectivity index (χ4n) is 1.35. The minimum Gasteiger partial charge on any atom is -0.478 e. The van der Waals surface area contributed by atoms with Gasteiger partial charge in [0.15, 0.2) is 5.75 Å². The average molecular weight is 366 g/mol. The van der Waals surface area contributed by atoms with Crippen molar-refractivity contribution in [3.05, 3.63) is 28.2 Å². The number of sulfonamides is 1. The number of benzene rings is 1. The molecule has 0 heterocycles. The largest absolute Gasteiger partial charge is 0.478 e. The summed E-state index contributed by atoms with van der Waals surface area (Å²) in [6.45, 7) is 1.64. The first kappa shape index (κ1) is 16.4. The Bertz CT molecular complexity index is 628. The van der Waals surface area contributed by atoms with Crippen molar-refractivity contribution in [3.8, 4) is 0 Å². The van der Waals surface area contributed by atoms with Crippen LogP contribution in [0.25, 0.3) is 0 Å². The molecule has 20 heavy (non-hydrogen) atoms. The summed E-state index contributed by atoms with van der Waals surface area (Å²) in [6, 6.07) is 3.86. The van der Waals surface area contributed by atoms with Gasteiger partial charge in [-0.2, -0.15) is 0 Å². The highest BCUT2D eigenvalue weighted by molar-refractivity contribution is 9.10. The van der Waals surface area contributed by atoms with Crippen LogP contribution < -0.4 is 4.72 Å². The lowest BCUT2D eigenvalue weighted by molar-refractivity contribution is -0.139. The summed E-state index contributed by atoms with van der Waals surface area (Å²) in [7, 11) is -3.95. The van der Waals surface area contributed by atoms with Crippen LogP contribution in [-0.2, 0) is 19.6 Å². The number of carboxylic acids is 1. The Labute approximate surface area is 124 Å². The number of rotatable bonds is 6. The lowest BCUT2D eigenvalue weighted by Crippen LogP contribution is -2.24. The fraction of sp³-hybridized carbons (Fsp3) is 0.273. The van der Waals surface area contributed by atoms with Crippen LogP contribution in [0.2, 0.25) is 0 Å². The number of aromatic carboxylic acids is 1. The zero-order chi connectivity index (χ0) is 15.3. The second-order valence-corrected chi connectivity index (χ2v) is 6.34. The molecule has 0 amide bonds. The Balaban J connectivity index is 2.92. The molecule has 0 unspecified atom stereocenters. The van der Waals surface area contributed by atoms with Crippen LogP contribution in [0.5, 0.6) is 0 Å². The minimum atomic E-state index is -3.95. The highest BCUT2D eigenvalue weighted by Crippen LogP contribution is 2.20. The van der Waals surface area contributed by atoms with Gasteiger partial charge in [0.2, 0.25) is 10.0 Å². The van der Waals surface area contributed by atoms with E-state index in [1.165, 1.54) is 12.1 Å². The van der Waals surface area contributed by atoms with Crippen molar-refractivity contribution in [2.75, 3.05) is 17.1 Å². The van der Waals surface area contributed by atoms with Gasteiger partial charge in [-0.25, -0.2) is 13.2 Å². The first-order valence-electron chi connectivity index (χ1n) is 5.43. The standard InChI is InChI=1S/C11H12BrNO6S/c1-2-19-10(14)6-20(17,18)13-9-4-7(11(15)16)3-8(12)5-9/h3-5,13H,2,6H2,1H3,(H,15,16). The molecule has 0 aliphatic carbocycles. The molecule has 0 spiro atoms. The molecule has 9 heteroatoms. The number of anilines is 1. The summed E-state index contributed by atoms with van der Waals surface area (Å²) in [5, 5.41) is 8.88. The maximum atomic E-state index is 11.7. The Morgan fingerprint density at radius 3 is 2.55 bits per heavy atom. The van der Waals surface area contributed by atoms with Gasteiger partial charge >= 0.3 is 11.9 Å². The quantitative estimate of drug-likeness (QED) is 0.738. The van der Waals surface area contributed by atoms with Crippen molar-refractivity contribution in [3.63, 3.8) is 0 Å². The molecule has 2 N–H and O–H groups in total. The fourth-order valence-corrected chi connectivity index (χ4v) is 2.78. The van der Waals surface area contributed by atoms with Crippen LogP contribution in [0.4, 0.5) is 5.69 Å². The number of carboxylic acid groups (broad SMARTS) is 1. The summed E-state index contributed by atoms with van der Waals surface area (Å²) in [6.07, 6.45) is 0. The van der Waals surface area contributed by atoms with Gasteiger partial charge in [0.05, 0.1) is 17.9 Å². The molecule has 1 aromatic rings. The van der Waals surface area contributed by atoms with Gasteiger partial charge in [-0.3, -0.25) is 9.52 Å². The third-order valence-electron chi connectivity index (χ3n) is 2.03. The predicted molar refractivity (Wildman–Crippen MR) is 75.1 cm³/mol. The Hall–Kier alpha value is -1.61. The van der Waals surface area contributed by atoms with Gasteiger partial charge in [-0.15, -0.1) is 0 Å². The lowest BCUT2D eigenvalue weighted by Gasteiger charge is -2.09. The highest BCUT2D eigenvalue weighted by Gasteiger charge is 2.18. The van der Waals surface area contributed by atoms with Gasteiger partial charge in [0.25, 0.3) is 0 Å². The first-order chi connectivity index (χ1) is 9.23. The van der Waals surface area contributed by atoms with Crippen LogP contribution in [0, 0.1) is 0 Å². The molecule has 0 fully saturated rings. The SMILES string of the molecule is CCOC(=O)CS(=O)(=O)Nc1cc(Br)cc(C(=O)O)c1. The first-order valence-corrected chi connectivity index (χ1v) is 7.88. The number of nitrogens with one attached hydrogen (secondary N) is 1. The van der Waals surface area contributed by atoms with Gasteiger partial charge < -0.3 is 9.84 Å². The maximum Gasteiger partial charge on any atom is 0.335 e. The summed E-state index contributed by atoms with van der Waals surface area (Å²) in [5.74, 6) is -2.92. The highest BCUT2D eigenvalue weighted by atomic mass is 79.9. The van der Waals surface area contributed by atoms with Crippen LogP contribution in [0.15, 0.2) is 22.7 Å². The molecule has 7 nitrogen and oxygen atoms in total. The second-order valence-electron chi connectivity index (χ2n) is 3.70. The molecular weight excluding hydrogens is 354 g/mol. The summed E-state index contributed by atoms with van der Waals surface area (Å²) in [5.41, 5.74) is -0.0470. The normalized spacial score (nSPS) is 10.9. The number of ether oxygens (including phenoxy) is 1. The molecule has 0 saturated heterocycles. The molecule has 1 aromatic carbocycles. The van der Waals surface area contributed by atoms with Crippen LogP contribution >= 0.6 is 15.9 Å². The van der Waals surface area contributed by atoms with Crippen LogP contribution in [0.1, 0.15) is 17.3 Å². The molecule has 0 bridgehead atoms. The number of hydrogen-bond acceptors (Lipinski definition) is 5. The molecule has 0 aliphatic rings. The van der Waals surface area contributed by atoms with Crippen LogP contribution in [0.3, 0.4) is 0 Å². The van der Waals surface area contributed by atoms with E-state index in [0.29, 0.717) is 4.47 Å². The second kappa shape index (κ2) is 6.71. The number of carbonyl (C=O) groups is 2. The van der Waals surface area contributed by atoms with Gasteiger partial charge in [-0.1, -0.05) is 15.9 Å². The average Bonchev–Trinajstić information content (AvgIpc) is 2.26. The van der Waals surface area contributed by atoms with E-state index >= 15 is 0 Å². The third-order valence-corrected chi connectivity index (χ3v) is 3.65. The van der Waals surface area contributed by atoms with E-state index in [-0.39, 0.29) is 17.9 Å². The van der Waals surface area contributed by atoms with E-state index in [1.54, 1.807) is 6.92 Å². The number of halogens is 1. The van der Waals surface area contributed by atoms with E-state index in [1.807, 2.05) is 0 Å². The van der Waals surface area contributed by atoms with E-state index in [4.69, 9.17) is 5.11 Å². The van der Waals surface area contributed by atoms with E-state index in [2.05, 4.69) is 25.4 Å². The van der Waals surface area contributed by atoms with Crippen molar-refractivity contribution in [2.24, 2.45) is 0 Å². The maximum absolute atomic E-state index is 11.7. The Morgan fingerprint density at radius 2 is 2.00 bits per heavy atom. The van der Waals surface area contributed by atoms with Crippen molar-refractivity contribution in [2.45, 2.75) is 6.92 Å². The van der Waals surface area contributed by atoms with E-state index in [9.17, 15) is 18.0 Å². The molecule has 1 rings (SSSR count). The van der Waals surface area contributed by atoms with E-state index in [0.717, 1.165) is 6.07 Å². The van der Waals surface area contributed by atoms with Crippen molar-refractivity contribution >= 4 is 43.6 Å². The number of carbonyl (C=O) groups excluding carboxylic acids is 1. The summed E-state index contributed by atoms with van der Waals surface area (Å²) in [4.78, 5) is 22.0. The van der Waals surface area contributed by atoms with Gasteiger partial charge in [0, 0.05) is 4.47 Å². The van der Waals surface area contributed by atoms with Crippen LogP contribution in [-0.4, -0.2) is 37.8 Å². The molecule has 0 aromatic heterocycles. The number of esters is 1. The van der Waals surface area contributed by atoms with E-state index < -0.39 is 27.7 Å². The Morgan fingerprint density at radius 1 is 1.35 bits per heavy atom. The van der Waals surface area contributed by atoms with Gasteiger partial charge in [-0.05, 0) is 25.1 Å². The van der Waals surface area contributed by atoms with Crippen molar-refractivity contribution < 1.29 is 27.9 Å². The molecule has 0 saturated carbocycles. The molecule has 110 valence electrons. The van der Waals surface area contributed by atoms with Crippen molar-refractivity contribution in [1.29, 1.82) is 0 Å². The molecule has 0 aliphatic heterocycles. The zero-order valence-electron chi connectivity index (χ0n) is 10.4. The topological polar surface area (TPSA) is 110 Å². The smallest absolute Gasteiger partial charge is 0.335 e. The molecule has 0 radical (unpaired) electrons. The predicted octanol–water partition coefficient (Wildman–Crippen LogP) is 1.45. The zero-order valence-corrected chi connectivity index (χ0v) is 12.8. The van der Waals surface area contributed by atoms with Gasteiger partial charge in [0.1, 0.15) is 0 Å². The molecular formula is C11H12BrNO6S.